The van der Waals surface area contributed by atoms with Crippen LogP contribution in [0, 0.1) is 12.8 Å². The van der Waals surface area contributed by atoms with Crippen LogP contribution in [0.5, 0.6) is 5.75 Å². The third kappa shape index (κ3) is 5.46. The van der Waals surface area contributed by atoms with Gasteiger partial charge in [0, 0.05) is 10.7 Å². The van der Waals surface area contributed by atoms with E-state index in [-0.39, 0.29) is 12.5 Å². The van der Waals surface area contributed by atoms with Crippen LogP contribution in [-0.4, -0.2) is 19.1 Å². The molecule has 128 valence electrons. The second-order valence-corrected chi connectivity index (χ2v) is 6.47. The lowest BCUT2D eigenvalue weighted by atomic mass is 10.2. The minimum absolute atomic E-state index is 0.145. The van der Waals surface area contributed by atoms with Gasteiger partial charge in [-0.15, -0.1) is 0 Å². The third-order valence-electron chi connectivity index (χ3n) is 3.35. The monoisotopic (exact) mass is 346 g/mol. The van der Waals surface area contributed by atoms with Crippen molar-refractivity contribution in [1.82, 2.24) is 0 Å². The number of anilines is 2. The number of halogens is 1. The summed E-state index contributed by atoms with van der Waals surface area (Å²) >= 11 is 6.07. The van der Waals surface area contributed by atoms with E-state index in [2.05, 4.69) is 24.5 Å². The number of carbonyl (C=O) groups excluding carboxylic acids is 1. The van der Waals surface area contributed by atoms with Gasteiger partial charge in [0.05, 0.1) is 18.8 Å². The summed E-state index contributed by atoms with van der Waals surface area (Å²) in [7, 11) is 0. The van der Waals surface area contributed by atoms with Gasteiger partial charge in [0.15, 0.2) is 0 Å². The number of benzene rings is 2. The second kappa shape index (κ2) is 8.60. The van der Waals surface area contributed by atoms with Crippen molar-refractivity contribution in [2.45, 2.75) is 20.8 Å². The second-order valence-electron chi connectivity index (χ2n) is 6.07. The van der Waals surface area contributed by atoms with E-state index in [9.17, 15) is 4.79 Å². The highest BCUT2D eigenvalue weighted by atomic mass is 35.5. The molecule has 1 amide bonds. The van der Waals surface area contributed by atoms with Gasteiger partial charge < -0.3 is 15.4 Å². The molecule has 0 atom stereocenters. The molecule has 0 aliphatic rings. The Hall–Kier alpha value is -2.20. The number of nitrogens with one attached hydrogen (secondary N) is 2. The lowest BCUT2D eigenvalue weighted by Gasteiger charge is -2.14. The SMILES string of the molecule is Cc1ccc(NC(=O)CNc2ccccc2OCC(C)C)cc1Cl. The molecular weight excluding hydrogens is 324 g/mol. The Morgan fingerprint density at radius 3 is 2.67 bits per heavy atom. The molecule has 0 saturated carbocycles. The van der Waals surface area contributed by atoms with Crippen molar-refractivity contribution < 1.29 is 9.53 Å². The fourth-order valence-electron chi connectivity index (χ4n) is 2.05. The Labute approximate surface area is 148 Å². The Morgan fingerprint density at radius 1 is 1.21 bits per heavy atom. The highest BCUT2D eigenvalue weighted by Gasteiger charge is 2.07. The number of hydrogen-bond donors (Lipinski definition) is 2. The first kappa shape index (κ1) is 18.1. The molecule has 0 heterocycles. The molecule has 24 heavy (non-hydrogen) atoms. The molecule has 0 spiro atoms. The molecule has 0 fully saturated rings. The number of hydrogen-bond acceptors (Lipinski definition) is 3. The molecule has 2 rings (SSSR count). The summed E-state index contributed by atoms with van der Waals surface area (Å²) in [4.78, 5) is 12.1. The first-order valence-corrected chi connectivity index (χ1v) is 8.35. The molecule has 4 nitrogen and oxygen atoms in total. The highest BCUT2D eigenvalue weighted by Crippen LogP contribution is 2.24. The van der Waals surface area contributed by atoms with E-state index in [0.717, 1.165) is 17.0 Å². The molecule has 0 aliphatic heterocycles. The average Bonchev–Trinajstić information content (AvgIpc) is 2.55. The van der Waals surface area contributed by atoms with Crippen LogP contribution in [0.4, 0.5) is 11.4 Å². The van der Waals surface area contributed by atoms with Crippen molar-refractivity contribution >= 4 is 28.9 Å². The maximum atomic E-state index is 12.1. The van der Waals surface area contributed by atoms with Crippen LogP contribution in [0.3, 0.4) is 0 Å². The molecule has 0 radical (unpaired) electrons. The molecule has 5 heteroatoms. The van der Waals surface area contributed by atoms with Gasteiger partial charge in [-0.2, -0.15) is 0 Å². The van der Waals surface area contributed by atoms with Crippen molar-refractivity contribution in [3.8, 4) is 5.75 Å². The largest absolute Gasteiger partial charge is 0.491 e. The maximum Gasteiger partial charge on any atom is 0.243 e. The van der Waals surface area contributed by atoms with Crippen molar-refractivity contribution in [3.05, 3.63) is 53.1 Å². The summed E-state index contributed by atoms with van der Waals surface area (Å²) < 4.78 is 5.77. The molecule has 0 aromatic heterocycles. The summed E-state index contributed by atoms with van der Waals surface area (Å²) in [6.07, 6.45) is 0. The van der Waals surface area contributed by atoms with Gasteiger partial charge in [-0.1, -0.05) is 43.6 Å². The van der Waals surface area contributed by atoms with Gasteiger partial charge in [-0.25, -0.2) is 0 Å². The van der Waals surface area contributed by atoms with E-state index in [1.807, 2.05) is 43.3 Å². The van der Waals surface area contributed by atoms with Gasteiger partial charge in [0.1, 0.15) is 5.75 Å². The number of carbonyl (C=O) groups is 1. The van der Waals surface area contributed by atoms with E-state index in [1.54, 1.807) is 6.07 Å². The normalized spacial score (nSPS) is 10.5. The van der Waals surface area contributed by atoms with Gasteiger partial charge in [-0.05, 0) is 42.7 Å². The first-order valence-electron chi connectivity index (χ1n) is 7.97. The molecule has 0 unspecified atom stereocenters. The molecule has 2 aromatic rings. The zero-order valence-electron chi connectivity index (χ0n) is 14.2. The van der Waals surface area contributed by atoms with Crippen LogP contribution in [0.15, 0.2) is 42.5 Å². The number of aryl methyl sites for hydroxylation is 1. The van der Waals surface area contributed by atoms with E-state index in [1.165, 1.54) is 0 Å². The maximum absolute atomic E-state index is 12.1. The zero-order chi connectivity index (χ0) is 17.5. The van der Waals surface area contributed by atoms with Gasteiger partial charge in [-0.3, -0.25) is 4.79 Å². The Kier molecular flexibility index (Phi) is 6.50. The third-order valence-corrected chi connectivity index (χ3v) is 3.76. The lowest BCUT2D eigenvalue weighted by Crippen LogP contribution is -2.22. The van der Waals surface area contributed by atoms with Crippen molar-refractivity contribution in [3.63, 3.8) is 0 Å². The molecular formula is C19H23ClN2O2. The molecule has 0 bridgehead atoms. The molecule has 0 saturated heterocycles. The number of rotatable bonds is 7. The van der Waals surface area contributed by atoms with Crippen LogP contribution >= 0.6 is 11.6 Å². The summed E-state index contributed by atoms with van der Waals surface area (Å²) in [6.45, 7) is 6.89. The van der Waals surface area contributed by atoms with Gasteiger partial charge >= 0.3 is 0 Å². The fraction of sp³-hybridized carbons (Fsp3) is 0.316. The van der Waals surface area contributed by atoms with Crippen LogP contribution < -0.4 is 15.4 Å². The summed E-state index contributed by atoms with van der Waals surface area (Å²) in [5.74, 6) is 1.04. The number of para-hydroxylation sites is 2. The van der Waals surface area contributed by atoms with Crippen molar-refractivity contribution in [2.24, 2.45) is 5.92 Å². The van der Waals surface area contributed by atoms with Gasteiger partial charge in [0.2, 0.25) is 5.91 Å². The summed E-state index contributed by atoms with van der Waals surface area (Å²) in [5.41, 5.74) is 2.46. The predicted molar refractivity (Wildman–Crippen MR) is 100 cm³/mol. The van der Waals surface area contributed by atoms with Gasteiger partial charge in [0.25, 0.3) is 0 Å². The average molecular weight is 347 g/mol. The van der Waals surface area contributed by atoms with E-state index in [0.29, 0.717) is 23.2 Å². The highest BCUT2D eigenvalue weighted by molar-refractivity contribution is 6.31. The molecule has 2 aromatic carbocycles. The zero-order valence-corrected chi connectivity index (χ0v) is 15.0. The molecule has 2 N–H and O–H groups in total. The van der Waals surface area contributed by atoms with Crippen LogP contribution in [-0.2, 0) is 4.79 Å². The number of amides is 1. The quantitative estimate of drug-likeness (QED) is 0.761. The minimum atomic E-state index is -0.145. The fourth-order valence-corrected chi connectivity index (χ4v) is 2.23. The van der Waals surface area contributed by atoms with Crippen LogP contribution in [0.25, 0.3) is 0 Å². The smallest absolute Gasteiger partial charge is 0.243 e. The minimum Gasteiger partial charge on any atom is -0.491 e. The molecule has 0 aliphatic carbocycles. The Morgan fingerprint density at radius 2 is 1.96 bits per heavy atom. The standard InChI is InChI=1S/C19H23ClN2O2/c1-13(2)12-24-18-7-5-4-6-17(18)21-11-19(23)22-15-9-8-14(3)16(20)10-15/h4-10,13,21H,11-12H2,1-3H3,(H,22,23). The topological polar surface area (TPSA) is 50.4 Å². The Balaban J connectivity index is 1.92. The predicted octanol–water partition coefficient (Wildman–Crippen LogP) is 4.73. The van der Waals surface area contributed by atoms with E-state index >= 15 is 0 Å². The Bertz CT molecular complexity index is 702. The number of ether oxygens (including phenoxy) is 1. The van der Waals surface area contributed by atoms with E-state index in [4.69, 9.17) is 16.3 Å². The van der Waals surface area contributed by atoms with Crippen molar-refractivity contribution in [1.29, 1.82) is 0 Å². The van der Waals surface area contributed by atoms with Crippen molar-refractivity contribution in [2.75, 3.05) is 23.8 Å². The van der Waals surface area contributed by atoms with E-state index < -0.39 is 0 Å². The lowest BCUT2D eigenvalue weighted by molar-refractivity contribution is -0.114. The first-order chi connectivity index (χ1) is 11.5. The van der Waals surface area contributed by atoms with Crippen LogP contribution in [0.2, 0.25) is 5.02 Å². The van der Waals surface area contributed by atoms with Crippen LogP contribution in [0.1, 0.15) is 19.4 Å². The summed E-state index contributed by atoms with van der Waals surface area (Å²) in [5, 5.41) is 6.57. The summed E-state index contributed by atoms with van der Waals surface area (Å²) in [6, 6.07) is 13.1.